The lowest BCUT2D eigenvalue weighted by Crippen LogP contribution is -2.62. The van der Waals surface area contributed by atoms with E-state index in [0.717, 1.165) is 5.56 Å². The minimum Gasteiger partial charge on any atom is -0.388 e. The van der Waals surface area contributed by atoms with Crippen molar-refractivity contribution in [3.05, 3.63) is 82.6 Å². The Balaban J connectivity index is 1.55. The Kier molecular flexibility index (Phi) is 5.87. The number of nitrogens with one attached hydrogen (secondary N) is 1. The Labute approximate surface area is 178 Å². The first-order valence-electron chi connectivity index (χ1n) is 9.71. The highest BCUT2D eigenvalue weighted by atomic mass is 32.1. The number of aromatic nitrogens is 2. The molecule has 0 unspecified atom stereocenters. The number of pyridine rings is 1. The van der Waals surface area contributed by atoms with Crippen molar-refractivity contribution in [2.75, 3.05) is 13.1 Å². The first-order chi connectivity index (χ1) is 14.6. The molecule has 0 radical (unpaired) electrons. The minimum absolute atomic E-state index is 0.0943. The van der Waals surface area contributed by atoms with Gasteiger partial charge in [-0.05, 0) is 24.1 Å². The van der Waals surface area contributed by atoms with Crippen LogP contribution in [0.5, 0.6) is 0 Å². The van der Waals surface area contributed by atoms with Gasteiger partial charge in [0, 0.05) is 25.0 Å². The van der Waals surface area contributed by atoms with Crippen LogP contribution in [-0.2, 0) is 16.8 Å². The van der Waals surface area contributed by atoms with Crippen molar-refractivity contribution in [1.29, 1.82) is 0 Å². The van der Waals surface area contributed by atoms with Gasteiger partial charge in [0.2, 0.25) is 5.91 Å². The van der Waals surface area contributed by atoms with Gasteiger partial charge in [-0.1, -0.05) is 36.4 Å². The molecule has 7 nitrogen and oxygen atoms in total. The third kappa shape index (κ3) is 4.10. The third-order valence-corrected chi connectivity index (χ3v) is 6.20. The predicted octanol–water partition coefficient (Wildman–Crippen LogP) is 2.00. The number of carbonyl (C=O) groups is 2. The number of hydrogen-bond acceptors (Lipinski definition) is 6. The topological polar surface area (TPSA) is 95.4 Å². The SMILES string of the molecule is O=C(N[C@]1(c2ccccc2)CCN(C(=O)Cc2ccccn2)C[C@H]1O)c1cncs1. The number of aliphatic hydroxyl groups excluding tert-OH is 1. The molecule has 1 aromatic carbocycles. The number of rotatable bonds is 5. The molecule has 3 heterocycles. The van der Waals surface area contributed by atoms with Crippen molar-refractivity contribution in [1.82, 2.24) is 20.2 Å². The van der Waals surface area contributed by atoms with Crippen molar-refractivity contribution in [3.8, 4) is 0 Å². The zero-order chi connectivity index (χ0) is 21.0. The van der Waals surface area contributed by atoms with Crippen LogP contribution >= 0.6 is 11.3 Å². The van der Waals surface area contributed by atoms with E-state index >= 15 is 0 Å². The molecular weight excluding hydrogens is 400 g/mol. The van der Waals surface area contributed by atoms with Gasteiger partial charge >= 0.3 is 0 Å². The van der Waals surface area contributed by atoms with Crippen LogP contribution < -0.4 is 5.32 Å². The van der Waals surface area contributed by atoms with Crippen molar-refractivity contribution in [2.45, 2.75) is 24.5 Å². The maximum Gasteiger partial charge on any atom is 0.263 e. The van der Waals surface area contributed by atoms with Crippen LogP contribution in [0, 0.1) is 0 Å². The van der Waals surface area contributed by atoms with Gasteiger partial charge in [0.25, 0.3) is 5.91 Å². The molecule has 1 saturated heterocycles. The monoisotopic (exact) mass is 422 g/mol. The molecule has 0 saturated carbocycles. The molecule has 0 bridgehead atoms. The van der Waals surface area contributed by atoms with E-state index < -0.39 is 11.6 Å². The third-order valence-electron chi connectivity index (χ3n) is 5.43. The Hall–Kier alpha value is -3.10. The summed E-state index contributed by atoms with van der Waals surface area (Å²) in [5.74, 6) is -0.378. The van der Waals surface area contributed by atoms with Crippen LogP contribution in [0.1, 0.15) is 27.3 Å². The first kappa shape index (κ1) is 20.2. The fraction of sp³-hybridized carbons (Fsp3) is 0.273. The number of benzene rings is 1. The largest absolute Gasteiger partial charge is 0.388 e. The summed E-state index contributed by atoms with van der Waals surface area (Å²) in [5, 5.41) is 14.2. The molecule has 2 atom stereocenters. The molecule has 8 heteroatoms. The first-order valence-corrected chi connectivity index (χ1v) is 10.6. The Morgan fingerprint density at radius 3 is 2.67 bits per heavy atom. The zero-order valence-electron chi connectivity index (χ0n) is 16.3. The highest BCUT2D eigenvalue weighted by Gasteiger charge is 2.46. The second-order valence-electron chi connectivity index (χ2n) is 7.26. The van der Waals surface area contributed by atoms with Crippen molar-refractivity contribution >= 4 is 23.2 Å². The second kappa shape index (κ2) is 8.73. The summed E-state index contributed by atoms with van der Waals surface area (Å²) in [7, 11) is 0. The number of likely N-dealkylation sites (tertiary alicyclic amines) is 1. The summed E-state index contributed by atoms with van der Waals surface area (Å²) in [6.07, 6.45) is 2.79. The molecule has 154 valence electrons. The summed E-state index contributed by atoms with van der Waals surface area (Å²) >= 11 is 1.25. The van der Waals surface area contributed by atoms with E-state index in [2.05, 4.69) is 15.3 Å². The quantitative estimate of drug-likeness (QED) is 0.656. The zero-order valence-corrected chi connectivity index (χ0v) is 17.1. The van der Waals surface area contributed by atoms with Crippen molar-refractivity contribution in [2.24, 2.45) is 0 Å². The average Bonchev–Trinajstić information content (AvgIpc) is 3.32. The van der Waals surface area contributed by atoms with E-state index in [1.807, 2.05) is 42.5 Å². The summed E-state index contributed by atoms with van der Waals surface area (Å²) in [5.41, 5.74) is 2.12. The average molecular weight is 423 g/mol. The number of thiazole rings is 1. The summed E-state index contributed by atoms with van der Waals surface area (Å²) in [6.45, 7) is 0.546. The lowest BCUT2D eigenvalue weighted by Gasteiger charge is -2.46. The lowest BCUT2D eigenvalue weighted by atomic mass is 9.78. The van der Waals surface area contributed by atoms with Gasteiger partial charge in [0.1, 0.15) is 4.88 Å². The van der Waals surface area contributed by atoms with E-state index in [1.165, 1.54) is 17.5 Å². The van der Waals surface area contributed by atoms with Crippen LogP contribution in [-0.4, -0.2) is 51.0 Å². The van der Waals surface area contributed by atoms with E-state index in [-0.39, 0.29) is 24.8 Å². The van der Waals surface area contributed by atoms with E-state index in [0.29, 0.717) is 23.5 Å². The van der Waals surface area contributed by atoms with Crippen LogP contribution in [0.25, 0.3) is 0 Å². The molecule has 2 N–H and O–H groups in total. The molecule has 0 aliphatic carbocycles. The van der Waals surface area contributed by atoms with Gasteiger partial charge in [-0.3, -0.25) is 19.6 Å². The summed E-state index contributed by atoms with van der Waals surface area (Å²) < 4.78 is 0. The number of nitrogens with zero attached hydrogens (tertiary/aromatic N) is 3. The van der Waals surface area contributed by atoms with E-state index in [1.54, 1.807) is 22.7 Å². The lowest BCUT2D eigenvalue weighted by molar-refractivity contribution is -0.136. The molecule has 1 fully saturated rings. The second-order valence-corrected chi connectivity index (χ2v) is 8.15. The molecule has 1 aliphatic rings. The van der Waals surface area contributed by atoms with Gasteiger partial charge in [-0.25, -0.2) is 0 Å². The maximum atomic E-state index is 12.8. The normalized spacial score (nSPS) is 21.2. The van der Waals surface area contributed by atoms with E-state index in [9.17, 15) is 14.7 Å². The number of hydrogen-bond donors (Lipinski definition) is 2. The molecule has 0 spiro atoms. The Morgan fingerprint density at radius 1 is 1.20 bits per heavy atom. The van der Waals surface area contributed by atoms with Crippen molar-refractivity contribution in [3.63, 3.8) is 0 Å². The van der Waals surface area contributed by atoms with Crippen LogP contribution in [0.15, 0.2) is 66.4 Å². The summed E-state index contributed by atoms with van der Waals surface area (Å²) in [6, 6.07) is 14.9. The summed E-state index contributed by atoms with van der Waals surface area (Å²) in [4.78, 5) is 35.8. The highest BCUT2D eigenvalue weighted by Crippen LogP contribution is 2.34. The molecular formula is C22H22N4O3S. The Bertz CT molecular complexity index is 998. The molecule has 2 amide bonds. The molecule has 4 rings (SSSR count). The predicted molar refractivity (Wildman–Crippen MR) is 113 cm³/mol. The maximum absolute atomic E-state index is 12.8. The van der Waals surface area contributed by atoms with Crippen LogP contribution in [0.4, 0.5) is 0 Å². The molecule has 30 heavy (non-hydrogen) atoms. The number of piperidine rings is 1. The fourth-order valence-corrected chi connectivity index (χ4v) is 4.33. The van der Waals surface area contributed by atoms with Crippen LogP contribution in [0.2, 0.25) is 0 Å². The molecule has 3 aromatic rings. The van der Waals surface area contributed by atoms with Gasteiger partial charge in [0.05, 0.1) is 29.8 Å². The smallest absolute Gasteiger partial charge is 0.263 e. The van der Waals surface area contributed by atoms with Crippen molar-refractivity contribution < 1.29 is 14.7 Å². The highest BCUT2D eigenvalue weighted by molar-refractivity contribution is 7.11. The molecule has 1 aliphatic heterocycles. The van der Waals surface area contributed by atoms with Gasteiger partial charge in [-0.2, -0.15) is 0 Å². The molecule has 2 aromatic heterocycles. The van der Waals surface area contributed by atoms with Gasteiger partial charge < -0.3 is 15.3 Å². The number of aliphatic hydroxyl groups is 1. The van der Waals surface area contributed by atoms with Crippen LogP contribution in [0.3, 0.4) is 0 Å². The minimum atomic E-state index is -0.982. The van der Waals surface area contributed by atoms with Gasteiger partial charge in [0.15, 0.2) is 0 Å². The fourth-order valence-electron chi connectivity index (χ4n) is 3.81. The number of amides is 2. The number of carbonyl (C=O) groups excluding carboxylic acids is 2. The standard InChI is InChI=1S/C22H22N4O3S/c27-19-14-26(20(28)12-17-8-4-5-10-24-17)11-9-22(19,16-6-2-1-3-7-16)25-21(29)18-13-23-15-30-18/h1-8,10,13,15,19,27H,9,11-12,14H2,(H,25,29)/t19-,22+/m1/s1. The van der Waals surface area contributed by atoms with Gasteiger partial charge in [-0.15, -0.1) is 11.3 Å². The Morgan fingerprint density at radius 2 is 2.00 bits per heavy atom. The number of β-amino-alcohol motifs (C(OH)–C–C–N with tert-alkyl or cyclic N) is 1. The van der Waals surface area contributed by atoms with E-state index in [4.69, 9.17) is 0 Å².